The lowest BCUT2D eigenvalue weighted by Gasteiger charge is -2.28. The Bertz CT molecular complexity index is 510. The van der Waals surface area contributed by atoms with Gasteiger partial charge < -0.3 is 10.6 Å². The van der Waals surface area contributed by atoms with Crippen LogP contribution >= 0.6 is 35.7 Å². The molecule has 142 valence electrons. The Kier molecular flexibility index (Phi) is 12.4. The first-order valence-electron chi connectivity index (χ1n) is 9.06. The second-order valence-electron chi connectivity index (χ2n) is 6.27. The van der Waals surface area contributed by atoms with Crippen molar-refractivity contribution in [1.82, 2.24) is 15.5 Å². The maximum atomic E-state index is 4.30. The normalized spacial score (nSPS) is 14.6. The van der Waals surface area contributed by atoms with Gasteiger partial charge in [0.25, 0.3) is 0 Å². The van der Waals surface area contributed by atoms with E-state index in [-0.39, 0.29) is 24.0 Å². The number of thioether (sulfide) groups is 1. The molecule has 0 aromatic heterocycles. The van der Waals surface area contributed by atoms with Gasteiger partial charge in [0.1, 0.15) is 0 Å². The van der Waals surface area contributed by atoms with Crippen molar-refractivity contribution in [3.05, 3.63) is 35.4 Å². The number of hydrogen-bond acceptors (Lipinski definition) is 3. The topological polar surface area (TPSA) is 39.7 Å². The molecule has 2 N–H and O–H groups in total. The minimum Gasteiger partial charge on any atom is -0.356 e. The van der Waals surface area contributed by atoms with Crippen LogP contribution in [-0.2, 0) is 13.0 Å². The van der Waals surface area contributed by atoms with Crippen molar-refractivity contribution in [1.29, 1.82) is 0 Å². The quantitative estimate of drug-likeness (QED) is 0.248. The standard InChI is InChI=1S/C19H32N4S.HI/c1-20-19(21-11-5-6-15-24-2)22-12-7-13-23-14-10-17-8-3-4-9-18(17)16-23;/h3-4,8-9H,5-7,10-16H2,1-2H3,(H2,20,21,22);1H. The molecular weight excluding hydrogens is 443 g/mol. The lowest BCUT2D eigenvalue weighted by Crippen LogP contribution is -2.39. The van der Waals surface area contributed by atoms with Gasteiger partial charge >= 0.3 is 0 Å². The van der Waals surface area contributed by atoms with Crippen LogP contribution in [0.15, 0.2) is 29.3 Å². The molecule has 0 saturated carbocycles. The molecule has 2 rings (SSSR count). The Labute approximate surface area is 174 Å². The average molecular weight is 476 g/mol. The van der Waals surface area contributed by atoms with Crippen LogP contribution in [0.25, 0.3) is 0 Å². The van der Waals surface area contributed by atoms with Crippen LogP contribution in [0.4, 0.5) is 0 Å². The minimum atomic E-state index is 0. The Morgan fingerprint density at radius 3 is 2.56 bits per heavy atom. The highest BCUT2D eigenvalue weighted by Gasteiger charge is 2.14. The average Bonchev–Trinajstić information content (AvgIpc) is 2.63. The molecule has 0 saturated heterocycles. The summed E-state index contributed by atoms with van der Waals surface area (Å²) in [5.41, 5.74) is 3.03. The van der Waals surface area contributed by atoms with Crippen LogP contribution in [0.3, 0.4) is 0 Å². The summed E-state index contributed by atoms with van der Waals surface area (Å²) in [6, 6.07) is 8.84. The summed E-state index contributed by atoms with van der Waals surface area (Å²) in [5.74, 6) is 2.18. The molecule has 1 aromatic rings. The van der Waals surface area contributed by atoms with Crippen LogP contribution < -0.4 is 10.6 Å². The molecule has 0 radical (unpaired) electrons. The maximum Gasteiger partial charge on any atom is 0.190 e. The number of rotatable bonds is 9. The maximum absolute atomic E-state index is 4.30. The molecule has 0 bridgehead atoms. The largest absolute Gasteiger partial charge is 0.356 e. The number of hydrogen-bond donors (Lipinski definition) is 2. The first kappa shape index (κ1) is 22.6. The van der Waals surface area contributed by atoms with Crippen molar-refractivity contribution >= 4 is 41.7 Å². The molecule has 25 heavy (non-hydrogen) atoms. The van der Waals surface area contributed by atoms with Crippen molar-refractivity contribution in [3.63, 3.8) is 0 Å². The predicted octanol–water partition coefficient (Wildman–Crippen LogP) is 3.36. The van der Waals surface area contributed by atoms with E-state index in [1.54, 1.807) is 0 Å². The molecule has 1 heterocycles. The Morgan fingerprint density at radius 1 is 1.12 bits per heavy atom. The fourth-order valence-electron chi connectivity index (χ4n) is 3.05. The highest BCUT2D eigenvalue weighted by atomic mass is 127. The number of nitrogens with zero attached hydrogens (tertiary/aromatic N) is 2. The summed E-state index contributed by atoms with van der Waals surface area (Å²) in [6.07, 6.45) is 6.96. The van der Waals surface area contributed by atoms with Crippen LogP contribution in [0, 0.1) is 0 Å². The third-order valence-corrected chi connectivity index (χ3v) is 5.14. The molecule has 0 atom stereocenters. The summed E-state index contributed by atoms with van der Waals surface area (Å²) >= 11 is 1.91. The Hall–Kier alpha value is -0.470. The molecule has 4 nitrogen and oxygen atoms in total. The lowest BCUT2D eigenvalue weighted by molar-refractivity contribution is 0.251. The second-order valence-corrected chi connectivity index (χ2v) is 7.26. The summed E-state index contributed by atoms with van der Waals surface area (Å²) < 4.78 is 0. The lowest BCUT2D eigenvalue weighted by atomic mass is 10.00. The highest BCUT2D eigenvalue weighted by Crippen LogP contribution is 2.18. The summed E-state index contributed by atoms with van der Waals surface area (Å²) in [6.45, 7) is 5.40. The molecule has 1 aliphatic heterocycles. The minimum absolute atomic E-state index is 0. The zero-order chi connectivity index (χ0) is 17.0. The zero-order valence-electron chi connectivity index (χ0n) is 15.6. The van der Waals surface area contributed by atoms with Crippen LogP contribution in [0.5, 0.6) is 0 Å². The molecule has 1 aromatic carbocycles. The predicted molar refractivity (Wildman–Crippen MR) is 122 cm³/mol. The smallest absolute Gasteiger partial charge is 0.190 e. The molecule has 6 heteroatoms. The fraction of sp³-hybridized carbons (Fsp3) is 0.632. The van der Waals surface area contributed by atoms with E-state index in [4.69, 9.17) is 0 Å². The van der Waals surface area contributed by atoms with Gasteiger partial charge in [-0.2, -0.15) is 11.8 Å². The van der Waals surface area contributed by atoms with Gasteiger partial charge in [0.05, 0.1) is 0 Å². The van der Waals surface area contributed by atoms with Crippen LogP contribution in [0.2, 0.25) is 0 Å². The summed E-state index contributed by atoms with van der Waals surface area (Å²) in [7, 11) is 1.85. The molecule has 1 aliphatic rings. The third-order valence-electron chi connectivity index (χ3n) is 4.44. The molecule has 0 spiro atoms. The first-order chi connectivity index (χ1) is 11.8. The molecule has 0 fully saturated rings. The summed E-state index contributed by atoms with van der Waals surface area (Å²) in [5, 5.41) is 6.82. The van der Waals surface area contributed by atoms with Gasteiger partial charge in [-0.1, -0.05) is 24.3 Å². The highest BCUT2D eigenvalue weighted by molar-refractivity contribution is 14.0. The van der Waals surface area contributed by atoms with E-state index in [2.05, 4.69) is 51.0 Å². The van der Waals surface area contributed by atoms with E-state index >= 15 is 0 Å². The van der Waals surface area contributed by atoms with Gasteiger partial charge in [0.2, 0.25) is 0 Å². The Balaban J connectivity index is 0.00000312. The van der Waals surface area contributed by atoms with Gasteiger partial charge in [0.15, 0.2) is 5.96 Å². The summed E-state index contributed by atoms with van der Waals surface area (Å²) in [4.78, 5) is 6.85. The fourth-order valence-corrected chi connectivity index (χ4v) is 3.55. The van der Waals surface area contributed by atoms with E-state index < -0.39 is 0 Å². The number of guanidine groups is 1. The van der Waals surface area contributed by atoms with Crippen LogP contribution in [0.1, 0.15) is 30.4 Å². The number of halogens is 1. The van der Waals surface area contributed by atoms with Crippen molar-refractivity contribution in [2.45, 2.75) is 32.2 Å². The number of aliphatic imine (C=N–C) groups is 1. The van der Waals surface area contributed by atoms with Gasteiger partial charge in [-0.3, -0.25) is 9.89 Å². The molecule has 0 unspecified atom stereocenters. The van der Waals surface area contributed by atoms with Gasteiger partial charge in [-0.25, -0.2) is 0 Å². The van der Waals surface area contributed by atoms with Crippen molar-refractivity contribution < 1.29 is 0 Å². The zero-order valence-corrected chi connectivity index (χ0v) is 18.7. The molecular formula is C19H33IN4S. The molecule has 0 aliphatic carbocycles. The second kappa shape index (κ2) is 13.7. The van der Waals surface area contributed by atoms with E-state index in [1.807, 2.05) is 18.8 Å². The molecule has 0 amide bonds. The van der Waals surface area contributed by atoms with E-state index in [1.165, 1.54) is 42.7 Å². The van der Waals surface area contributed by atoms with E-state index in [0.29, 0.717) is 0 Å². The number of benzene rings is 1. The van der Waals surface area contributed by atoms with Crippen LogP contribution in [-0.4, -0.2) is 56.1 Å². The Morgan fingerprint density at radius 2 is 1.84 bits per heavy atom. The SMILES string of the molecule is CN=C(NCCCCSC)NCCCN1CCc2ccccc2C1.I. The van der Waals surface area contributed by atoms with Gasteiger partial charge in [-0.15, -0.1) is 24.0 Å². The van der Waals surface area contributed by atoms with Crippen molar-refractivity contribution in [2.75, 3.05) is 45.2 Å². The number of unbranched alkanes of at least 4 members (excludes halogenated alkanes) is 1. The third kappa shape index (κ3) is 8.64. The number of nitrogens with one attached hydrogen (secondary N) is 2. The number of fused-ring (bicyclic) bond motifs is 1. The van der Waals surface area contributed by atoms with Crippen molar-refractivity contribution in [2.24, 2.45) is 4.99 Å². The van der Waals surface area contributed by atoms with Gasteiger partial charge in [0, 0.05) is 39.8 Å². The van der Waals surface area contributed by atoms with E-state index in [9.17, 15) is 0 Å². The van der Waals surface area contributed by atoms with Crippen molar-refractivity contribution in [3.8, 4) is 0 Å². The van der Waals surface area contributed by atoms with E-state index in [0.717, 1.165) is 38.6 Å². The first-order valence-corrected chi connectivity index (χ1v) is 10.5. The monoisotopic (exact) mass is 476 g/mol. The van der Waals surface area contributed by atoms with Gasteiger partial charge in [-0.05, 0) is 48.8 Å².